The molecule has 0 fully saturated rings. The van der Waals surface area contributed by atoms with Crippen molar-refractivity contribution < 1.29 is 69.1 Å². The molecule has 0 saturated carbocycles. The van der Waals surface area contributed by atoms with E-state index in [9.17, 15) is 38.4 Å². The number of hydrogen-bond donors (Lipinski definition) is 7. The van der Waals surface area contributed by atoms with Crippen molar-refractivity contribution in [3.8, 4) is 0 Å². The number of ether oxygens (including phenoxy) is 3. The molecule has 21 heteroatoms. The number of nitrogens with zero attached hydrogens (tertiary/aromatic N) is 3. The zero-order valence-corrected chi connectivity index (χ0v) is 26.9. The first-order valence-electron chi connectivity index (χ1n) is 14.5. The molecule has 2 rings (SSSR count). The minimum atomic E-state index is -1.16. The second kappa shape index (κ2) is 24.5. The minimum absolute atomic E-state index is 0.00257. The van der Waals surface area contributed by atoms with Crippen LogP contribution in [-0.4, -0.2) is 126 Å². The van der Waals surface area contributed by atoms with E-state index >= 15 is 0 Å². The molecular formula is C27H43N9O12+2. The number of aliphatic carboxylic acids is 1. The SMILES string of the molecule is CCOC(=O)CC(NC(=O)CNC(=O)C[NH3+])C(=O)OCC.CCOC(=O)C[NH3+].O=C(O)CNC(=O)CNC(=O)n1nnc2ccccc21. The molecule has 4 amide bonds. The number of para-hydroxylation sites is 1. The van der Waals surface area contributed by atoms with Gasteiger partial charge in [-0.05, 0) is 32.9 Å². The molecule has 0 saturated heterocycles. The van der Waals surface area contributed by atoms with Crippen molar-refractivity contribution in [1.29, 1.82) is 0 Å². The van der Waals surface area contributed by atoms with Crippen molar-refractivity contribution in [2.24, 2.45) is 0 Å². The van der Waals surface area contributed by atoms with Gasteiger partial charge in [0.15, 0.2) is 13.1 Å². The first-order valence-corrected chi connectivity index (χ1v) is 14.5. The van der Waals surface area contributed by atoms with E-state index in [0.29, 0.717) is 17.6 Å². The quantitative estimate of drug-likeness (QED) is 0.0685. The lowest BCUT2D eigenvalue weighted by Gasteiger charge is -2.16. The van der Waals surface area contributed by atoms with Crippen molar-refractivity contribution in [3.05, 3.63) is 24.3 Å². The molecule has 0 aliphatic rings. The molecule has 1 atom stereocenters. The predicted octanol–water partition coefficient (Wildman–Crippen LogP) is -4.67. The lowest BCUT2D eigenvalue weighted by atomic mass is 10.2. The van der Waals surface area contributed by atoms with Gasteiger partial charge in [-0.2, -0.15) is 4.68 Å². The van der Waals surface area contributed by atoms with E-state index in [2.05, 4.69) is 47.8 Å². The van der Waals surface area contributed by atoms with Gasteiger partial charge in [-0.3, -0.25) is 24.0 Å². The molecule has 0 aliphatic heterocycles. The summed E-state index contributed by atoms with van der Waals surface area (Å²) in [5.41, 5.74) is 7.75. The minimum Gasteiger partial charge on any atom is -0.480 e. The normalized spacial score (nSPS) is 10.4. The number of fused-ring (bicyclic) bond motifs is 1. The average Bonchev–Trinajstić information content (AvgIpc) is 3.50. The number of benzene rings is 1. The third-order valence-corrected chi connectivity index (χ3v) is 5.15. The fraction of sp³-hybridized carbons (Fsp3) is 0.481. The Labute approximate surface area is 274 Å². The topological polar surface area (TPSA) is 319 Å². The van der Waals surface area contributed by atoms with Gasteiger partial charge >= 0.3 is 29.9 Å². The second-order valence-electron chi connectivity index (χ2n) is 8.78. The molecule has 21 nitrogen and oxygen atoms in total. The highest BCUT2D eigenvalue weighted by Gasteiger charge is 2.26. The Bertz CT molecular complexity index is 1380. The molecule has 11 N–H and O–H groups in total. The van der Waals surface area contributed by atoms with Crippen LogP contribution in [0, 0.1) is 0 Å². The van der Waals surface area contributed by atoms with E-state index < -0.39 is 54.2 Å². The fourth-order valence-corrected chi connectivity index (χ4v) is 3.05. The van der Waals surface area contributed by atoms with E-state index in [-0.39, 0.29) is 51.8 Å². The van der Waals surface area contributed by atoms with Crippen LogP contribution in [0.4, 0.5) is 4.79 Å². The summed E-state index contributed by atoms with van der Waals surface area (Å²) in [7, 11) is 0. The molecule has 1 aromatic heterocycles. The standard InChI is InChI=1S/C12H21N3O6.C11H11N5O4.C4H9NO2/c1-3-20-11(18)5-8(12(19)21-4-2)15-10(17)7-14-9(16)6-13;17-9(12-6-10(18)19)5-13-11(20)16-8-4-2-1-3-7(8)14-15-16;1-2-7-4(6)3-5/h8H,3-7,13H2,1-2H3,(H,14,16)(H,15,17);1-4H,5-6H2,(H,12,17)(H,13,20)(H,18,19);2-3,5H2,1H3/p+2. The van der Waals surface area contributed by atoms with Crippen molar-refractivity contribution in [3.63, 3.8) is 0 Å². The Morgan fingerprint density at radius 2 is 1.35 bits per heavy atom. The van der Waals surface area contributed by atoms with Crippen LogP contribution in [0.1, 0.15) is 27.2 Å². The maximum atomic E-state index is 11.8. The highest BCUT2D eigenvalue weighted by Crippen LogP contribution is 2.08. The van der Waals surface area contributed by atoms with E-state index in [1.807, 2.05) is 0 Å². The highest BCUT2D eigenvalue weighted by molar-refractivity contribution is 5.91. The number of carboxylic acids is 1. The second-order valence-corrected chi connectivity index (χ2v) is 8.78. The van der Waals surface area contributed by atoms with Crippen LogP contribution in [0.5, 0.6) is 0 Å². The number of carbonyl (C=O) groups is 8. The molecule has 1 aromatic carbocycles. The Hall–Kier alpha value is -5.70. The number of carboxylic acid groups (broad SMARTS) is 1. The van der Waals surface area contributed by atoms with Crippen LogP contribution in [-0.2, 0) is 47.8 Å². The smallest absolute Gasteiger partial charge is 0.361 e. The molecule has 0 aliphatic carbocycles. The Balaban J connectivity index is 0.000000769. The summed E-state index contributed by atoms with van der Waals surface area (Å²) in [5, 5.41) is 24.9. The number of carbonyl (C=O) groups excluding carboxylic acids is 7. The van der Waals surface area contributed by atoms with E-state index in [1.54, 1.807) is 45.0 Å². The maximum Gasteiger partial charge on any atom is 0.361 e. The molecule has 48 heavy (non-hydrogen) atoms. The van der Waals surface area contributed by atoms with Crippen LogP contribution < -0.4 is 32.7 Å². The van der Waals surface area contributed by atoms with Crippen LogP contribution in [0.2, 0.25) is 0 Å². The number of esters is 3. The maximum absolute atomic E-state index is 11.8. The van der Waals surface area contributed by atoms with Crippen molar-refractivity contribution in [1.82, 2.24) is 36.3 Å². The van der Waals surface area contributed by atoms with Gasteiger partial charge in [-0.15, -0.1) is 5.10 Å². The van der Waals surface area contributed by atoms with Crippen LogP contribution in [0.15, 0.2) is 24.3 Å². The van der Waals surface area contributed by atoms with E-state index in [1.165, 1.54) is 0 Å². The lowest BCUT2D eigenvalue weighted by Crippen LogP contribution is -2.58. The van der Waals surface area contributed by atoms with Crippen molar-refractivity contribution in [2.45, 2.75) is 33.2 Å². The predicted molar refractivity (Wildman–Crippen MR) is 162 cm³/mol. The van der Waals surface area contributed by atoms with Gasteiger partial charge in [-0.25, -0.2) is 14.4 Å². The van der Waals surface area contributed by atoms with Crippen molar-refractivity contribution in [2.75, 3.05) is 52.5 Å². The van der Waals surface area contributed by atoms with Gasteiger partial charge in [0.05, 0.1) is 44.8 Å². The van der Waals surface area contributed by atoms with Gasteiger partial charge in [0.2, 0.25) is 11.8 Å². The van der Waals surface area contributed by atoms with Crippen molar-refractivity contribution >= 4 is 58.7 Å². The Morgan fingerprint density at radius 1 is 0.771 bits per heavy atom. The van der Waals surface area contributed by atoms with Gasteiger partial charge in [0.25, 0.3) is 5.91 Å². The average molecular weight is 686 g/mol. The largest absolute Gasteiger partial charge is 0.480 e. The van der Waals surface area contributed by atoms with Crippen LogP contribution in [0.25, 0.3) is 11.0 Å². The first-order chi connectivity index (χ1) is 22.8. The number of hydrogen-bond acceptors (Lipinski definition) is 13. The summed E-state index contributed by atoms with van der Waals surface area (Å²) in [6.07, 6.45) is -0.332. The van der Waals surface area contributed by atoms with Gasteiger partial charge in [0.1, 0.15) is 18.1 Å². The van der Waals surface area contributed by atoms with Gasteiger partial charge < -0.3 is 52.1 Å². The summed E-state index contributed by atoms with van der Waals surface area (Å²) >= 11 is 0. The number of aromatic nitrogens is 3. The molecule has 0 bridgehead atoms. The monoisotopic (exact) mass is 685 g/mol. The zero-order chi connectivity index (χ0) is 36.5. The van der Waals surface area contributed by atoms with Gasteiger partial charge in [-0.1, -0.05) is 17.3 Å². The third-order valence-electron chi connectivity index (χ3n) is 5.15. The zero-order valence-electron chi connectivity index (χ0n) is 26.9. The van der Waals surface area contributed by atoms with Crippen LogP contribution in [0.3, 0.4) is 0 Å². The van der Waals surface area contributed by atoms with E-state index in [0.717, 1.165) is 4.68 Å². The lowest BCUT2D eigenvalue weighted by molar-refractivity contribution is -0.359. The summed E-state index contributed by atoms with van der Waals surface area (Å²) in [6.45, 7) is 4.81. The fourth-order valence-electron chi connectivity index (χ4n) is 3.05. The number of quaternary nitrogens is 2. The molecule has 2 aromatic rings. The third kappa shape index (κ3) is 18.3. The Kier molecular flexibility index (Phi) is 21.6. The molecule has 1 unspecified atom stereocenters. The number of amides is 4. The molecule has 0 radical (unpaired) electrons. The molecule has 266 valence electrons. The first kappa shape index (κ1) is 42.3. The number of rotatable bonds is 15. The van der Waals surface area contributed by atoms with Crippen LogP contribution >= 0.6 is 0 Å². The summed E-state index contributed by atoms with van der Waals surface area (Å²) < 4.78 is 15.0. The molecular weight excluding hydrogens is 642 g/mol. The highest BCUT2D eigenvalue weighted by atomic mass is 16.5. The summed E-state index contributed by atoms with van der Waals surface area (Å²) in [6, 6.07) is 5.09. The molecule has 1 heterocycles. The summed E-state index contributed by atoms with van der Waals surface area (Å²) in [4.78, 5) is 89.1. The Morgan fingerprint density at radius 3 is 1.92 bits per heavy atom. The van der Waals surface area contributed by atoms with E-state index in [4.69, 9.17) is 14.6 Å². The summed E-state index contributed by atoms with van der Waals surface area (Å²) in [5.74, 6) is -4.37. The molecule has 0 spiro atoms. The van der Waals surface area contributed by atoms with Gasteiger partial charge in [0, 0.05) is 0 Å². The number of nitrogens with one attached hydrogen (secondary N) is 4.